The molecule has 1 aliphatic heterocycles. The highest BCUT2D eigenvalue weighted by Gasteiger charge is 2.12. The number of morpholine rings is 1. The molecule has 2 aromatic heterocycles. The van der Waals surface area contributed by atoms with Gasteiger partial charge in [0.15, 0.2) is 5.82 Å². The van der Waals surface area contributed by atoms with Crippen molar-refractivity contribution in [1.29, 1.82) is 0 Å². The van der Waals surface area contributed by atoms with Crippen LogP contribution in [-0.2, 0) is 4.74 Å². The van der Waals surface area contributed by atoms with Crippen LogP contribution in [0.3, 0.4) is 0 Å². The molecule has 1 aromatic carbocycles. The summed E-state index contributed by atoms with van der Waals surface area (Å²) < 4.78 is 7.18. The average Bonchev–Trinajstić information content (AvgIpc) is 3.12. The highest BCUT2D eigenvalue weighted by atomic mass is 16.5. The topological polar surface area (TPSA) is 106 Å². The normalized spacial score (nSPS) is 14.6. The summed E-state index contributed by atoms with van der Waals surface area (Å²) in [4.78, 5) is 11.2. The van der Waals surface area contributed by atoms with E-state index < -0.39 is 0 Å². The summed E-state index contributed by atoms with van der Waals surface area (Å²) in [5.41, 5.74) is 9.59. The van der Waals surface area contributed by atoms with E-state index in [0.29, 0.717) is 11.5 Å². The van der Waals surface area contributed by atoms with Crippen LogP contribution < -0.4 is 16.4 Å². The molecule has 0 atom stereocenters. The molecule has 0 aliphatic carbocycles. The van der Waals surface area contributed by atoms with Crippen molar-refractivity contribution >= 4 is 23.0 Å². The van der Waals surface area contributed by atoms with Gasteiger partial charge in [-0.3, -0.25) is 4.90 Å². The first-order chi connectivity index (χ1) is 14.6. The van der Waals surface area contributed by atoms with E-state index in [1.54, 1.807) is 11.0 Å². The summed E-state index contributed by atoms with van der Waals surface area (Å²) in [6, 6.07) is 9.69. The quantitative estimate of drug-likeness (QED) is 0.512. The lowest BCUT2D eigenvalue weighted by molar-refractivity contribution is 0.0398. The van der Waals surface area contributed by atoms with Gasteiger partial charge in [-0.25, -0.2) is 9.97 Å². The summed E-state index contributed by atoms with van der Waals surface area (Å²) in [6.45, 7) is 9.31. The summed E-state index contributed by atoms with van der Waals surface area (Å²) in [7, 11) is 0. The number of rotatable bonds is 7. The lowest BCUT2D eigenvalue weighted by atomic mass is 10.2. The molecule has 30 heavy (non-hydrogen) atoms. The summed E-state index contributed by atoms with van der Waals surface area (Å²) in [5.74, 6) is 2.28. The van der Waals surface area contributed by atoms with Crippen LogP contribution >= 0.6 is 0 Å². The number of anilines is 4. The van der Waals surface area contributed by atoms with Crippen molar-refractivity contribution in [3.63, 3.8) is 0 Å². The Balaban J connectivity index is 1.48. The highest BCUT2D eigenvalue weighted by Crippen LogP contribution is 2.25. The Morgan fingerprint density at radius 2 is 1.93 bits per heavy atom. The molecule has 0 spiro atoms. The zero-order valence-electron chi connectivity index (χ0n) is 17.4. The fourth-order valence-corrected chi connectivity index (χ4v) is 3.40. The Bertz CT molecular complexity index is 996. The van der Waals surface area contributed by atoms with E-state index in [-0.39, 0.29) is 0 Å². The molecule has 1 saturated heterocycles. The molecule has 4 N–H and O–H groups in total. The number of hydrogen-bond acceptors (Lipinski definition) is 8. The third kappa shape index (κ3) is 4.87. The standard InChI is InChI=1S/C21H28N8O/c1-15-3-4-17(22)12-18(15)26-21-11-16(2)27-29(21)20-13-19(24-14-25-20)23-5-6-28-7-9-30-10-8-28/h3-4,11-14,26H,5-10,22H2,1-2H3,(H,23,24,25). The second-order valence-electron chi connectivity index (χ2n) is 7.42. The molecule has 0 radical (unpaired) electrons. The van der Waals surface area contributed by atoms with Gasteiger partial charge in [0.2, 0.25) is 0 Å². The van der Waals surface area contributed by atoms with Gasteiger partial charge in [-0.15, -0.1) is 0 Å². The first kappa shape index (κ1) is 20.1. The van der Waals surface area contributed by atoms with Crippen molar-refractivity contribution in [1.82, 2.24) is 24.6 Å². The van der Waals surface area contributed by atoms with Gasteiger partial charge in [0.25, 0.3) is 0 Å². The molecular weight excluding hydrogens is 380 g/mol. The molecule has 1 fully saturated rings. The number of nitrogen functional groups attached to an aromatic ring is 1. The van der Waals surface area contributed by atoms with Crippen LogP contribution in [0.2, 0.25) is 0 Å². The molecule has 158 valence electrons. The van der Waals surface area contributed by atoms with E-state index in [4.69, 9.17) is 10.5 Å². The zero-order chi connectivity index (χ0) is 20.9. The minimum Gasteiger partial charge on any atom is -0.399 e. The third-order valence-electron chi connectivity index (χ3n) is 5.06. The van der Waals surface area contributed by atoms with Gasteiger partial charge < -0.3 is 21.1 Å². The SMILES string of the molecule is Cc1cc(Nc2cc(N)ccc2C)n(-c2cc(NCCN3CCOCC3)ncn2)n1. The largest absolute Gasteiger partial charge is 0.399 e. The van der Waals surface area contributed by atoms with Crippen molar-refractivity contribution in [2.75, 3.05) is 55.8 Å². The first-order valence-electron chi connectivity index (χ1n) is 10.1. The van der Waals surface area contributed by atoms with E-state index in [9.17, 15) is 0 Å². The van der Waals surface area contributed by atoms with Crippen molar-refractivity contribution in [2.24, 2.45) is 0 Å². The van der Waals surface area contributed by atoms with Crippen LogP contribution in [0.4, 0.5) is 23.0 Å². The lowest BCUT2D eigenvalue weighted by Crippen LogP contribution is -2.39. The van der Waals surface area contributed by atoms with Gasteiger partial charge in [0.05, 0.1) is 18.9 Å². The van der Waals surface area contributed by atoms with E-state index in [0.717, 1.165) is 68.0 Å². The number of benzene rings is 1. The number of aromatic nitrogens is 4. The van der Waals surface area contributed by atoms with Crippen LogP contribution in [0.5, 0.6) is 0 Å². The van der Waals surface area contributed by atoms with Gasteiger partial charge in [0.1, 0.15) is 18.0 Å². The molecule has 0 bridgehead atoms. The number of ether oxygens (including phenoxy) is 1. The maximum atomic E-state index is 5.95. The predicted octanol–water partition coefficient (Wildman–Crippen LogP) is 2.35. The fraction of sp³-hybridized carbons (Fsp3) is 0.381. The molecule has 3 aromatic rings. The second kappa shape index (κ2) is 9.10. The molecule has 0 saturated carbocycles. The van der Waals surface area contributed by atoms with Crippen LogP contribution in [0.1, 0.15) is 11.3 Å². The first-order valence-corrected chi connectivity index (χ1v) is 10.1. The number of nitrogens with one attached hydrogen (secondary N) is 2. The Kier molecular flexibility index (Phi) is 6.10. The summed E-state index contributed by atoms with van der Waals surface area (Å²) >= 11 is 0. The highest BCUT2D eigenvalue weighted by molar-refractivity contribution is 5.66. The fourth-order valence-electron chi connectivity index (χ4n) is 3.40. The maximum absolute atomic E-state index is 5.95. The lowest BCUT2D eigenvalue weighted by Gasteiger charge is -2.26. The van der Waals surface area contributed by atoms with Crippen LogP contribution in [0.25, 0.3) is 5.82 Å². The van der Waals surface area contributed by atoms with Crippen molar-refractivity contribution in [3.05, 3.63) is 47.9 Å². The van der Waals surface area contributed by atoms with E-state index in [1.807, 2.05) is 44.2 Å². The molecule has 9 nitrogen and oxygen atoms in total. The second-order valence-corrected chi connectivity index (χ2v) is 7.42. The monoisotopic (exact) mass is 408 g/mol. The minimum atomic E-state index is 0.691. The summed E-state index contributed by atoms with van der Waals surface area (Å²) in [5, 5.41) is 11.4. The summed E-state index contributed by atoms with van der Waals surface area (Å²) in [6.07, 6.45) is 1.55. The van der Waals surface area contributed by atoms with Crippen LogP contribution in [-0.4, -0.2) is 64.0 Å². The van der Waals surface area contributed by atoms with Gasteiger partial charge in [-0.2, -0.15) is 9.78 Å². The Morgan fingerprint density at radius 1 is 1.10 bits per heavy atom. The third-order valence-corrected chi connectivity index (χ3v) is 5.06. The van der Waals surface area contributed by atoms with E-state index in [2.05, 4.69) is 30.6 Å². The zero-order valence-corrected chi connectivity index (χ0v) is 17.4. The molecule has 0 unspecified atom stereocenters. The van der Waals surface area contributed by atoms with Gasteiger partial charge >= 0.3 is 0 Å². The van der Waals surface area contributed by atoms with Gasteiger partial charge in [-0.1, -0.05) is 6.07 Å². The Morgan fingerprint density at radius 3 is 2.77 bits per heavy atom. The number of aryl methyl sites for hydroxylation is 2. The smallest absolute Gasteiger partial charge is 0.161 e. The van der Waals surface area contributed by atoms with E-state index in [1.165, 1.54) is 0 Å². The van der Waals surface area contributed by atoms with Gasteiger partial charge in [-0.05, 0) is 31.5 Å². The number of nitrogens with zero attached hydrogens (tertiary/aromatic N) is 5. The Labute approximate surface area is 176 Å². The van der Waals surface area contributed by atoms with Crippen LogP contribution in [0, 0.1) is 13.8 Å². The number of hydrogen-bond donors (Lipinski definition) is 3. The van der Waals surface area contributed by atoms with Crippen molar-refractivity contribution in [2.45, 2.75) is 13.8 Å². The van der Waals surface area contributed by atoms with Gasteiger partial charge in [0, 0.05) is 49.7 Å². The molecule has 0 amide bonds. The maximum Gasteiger partial charge on any atom is 0.161 e. The number of nitrogens with two attached hydrogens (primary N) is 1. The molecule has 3 heterocycles. The molecular formula is C21H28N8O. The van der Waals surface area contributed by atoms with Crippen molar-refractivity contribution < 1.29 is 4.74 Å². The minimum absolute atomic E-state index is 0.691. The van der Waals surface area contributed by atoms with Crippen molar-refractivity contribution in [3.8, 4) is 5.82 Å². The molecule has 9 heteroatoms. The average molecular weight is 409 g/mol. The van der Waals surface area contributed by atoms with Crippen LogP contribution in [0.15, 0.2) is 36.7 Å². The molecule has 4 rings (SSSR count). The Hall–Kier alpha value is -3.17. The predicted molar refractivity (Wildman–Crippen MR) is 119 cm³/mol. The van der Waals surface area contributed by atoms with E-state index >= 15 is 0 Å². The molecule has 1 aliphatic rings.